The zero-order valence-corrected chi connectivity index (χ0v) is 23.7. The summed E-state index contributed by atoms with van der Waals surface area (Å²) in [7, 11) is 0. The third kappa shape index (κ3) is 4.91. The Kier molecular flexibility index (Phi) is 7.94. The second-order valence-corrected chi connectivity index (χ2v) is 15.4. The molecule has 0 bridgehead atoms. The fraction of sp³-hybridized carbons (Fsp3) is 0.286. The van der Waals surface area contributed by atoms with Gasteiger partial charge in [0.2, 0.25) is 0 Å². The fourth-order valence-corrected chi connectivity index (χ4v) is 9.58. The molecule has 0 saturated carbocycles. The molecule has 0 aliphatic carbocycles. The molecule has 4 unspecified atom stereocenters. The van der Waals surface area contributed by atoms with E-state index in [1.165, 1.54) is 0 Å². The molecule has 0 aromatic carbocycles. The number of hydrogen-bond acceptors (Lipinski definition) is 6. The predicted octanol–water partition coefficient (Wildman–Crippen LogP) is 5.65. The monoisotopic (exact) mass is 506 g/mol. The van der Waals surface area contributed by atoms with Gasteiger partial charge in [-0.3, -0.25) is 19.9 Å². The van der Waals surface area contributed by atoms with E-state index < -0.39 is 28.7 Å². The summed E-state index contributed by atoms with van der Waals surface area (Å²) in [5, 5.41) is 0. The van der Waals surface area contributed by atoms with Crippen LogP contribution in [-0.4, -0.2) is 56.4 Å². The maximum atomic E-state index is 4.94. The third-order valence-corrected chi connectivity index (χ3v) is 10.7. The van der Waals surface area contributed by atoms with Gasteiger partial charge in [-0.1, -0.05) is 47.4 Å². The van der Waals surface area contributed by atoms with Crippen molar-refractivity contribution in [1.82, 2.24) is 27.7 Å². The van der Waals surface area contributed by atoms with Gasteiger partial charge >= 0.3 is 28.7 Å². The van der Waals surface area contributed by atoms with E-state index >= 15 is 0 Å². The second kappa shape index (κ2) is 11.3. The minimum absolute atomic E-state index is 0.0645. The molecule has 0 amide bonds. The van der Waals surface area contributed by atoms with Crippen LogP contribution in [0.25, 0.3) is 0 Å². The van der Waals surface area contributed by atoms with Gasteiger partial charge in [0.25, 0.3) is 0 Å². The van der Waals surface area contributed by atoms with Crippen LogP contribution in [0.15, 0.2) is 97.6 Å². The second-order valence-electron chi connectivity index (χ2n) is 9.88. The lowest BCUT2D eigenvalue weighted by Gasteiger charge is -2.58. The van der Waals surface area contributed by atoms with Crippen LogP contribution in [0.4, 0.5) is 0 Å². The molecule has 4 aromatic rings. The van der Waals surface area contributed by atoms with Gasteiger partial charge in [0.05, 0.1) is 46.9 Å². The number of aromatic nitrogens is 4. The summed E-state index contributed by atoms with van der Waals surface area (Å²) in [6.45, 7) is 0. The van der Waals surface area contributed by atoms with Crippen molar-refractivity contribution in [3.8, 4) is 0 Å². The van der Waals surface area contributed by atoms with Crippen LogP contribution in [0.2, 0.25) is 23.1 Å². The Morgan fingerprint density at radius 1 is 0.444 bits per heavy atom. The standard InChI is InChI=1S/C24H20N6.4CH3.2Al/c1-5-13-25-17(9-1)21-22(18-10-2-6-14-26-18)30-24(20-12-4-8-16-28-20)23(29-21)19-11-3-7-15-27-19;;;;;;/h1-16,21-24H;4*1H3;;/q-2;;;;;2*+1. The molecule has 0 N–H and O–H groups in total. The molecule has 5 heterocycles. The SMILES string of the molecule is [CH3][Al]([CH3])[N]1C(c2ccccn2)C(c2ccccn2)[N]([Al]([CH3])[CH3])C(c2ccccn2)C1c1ccccn1. The summed E-state index contributed by atoms with van der Waals surface area (Å²) in [5.41, 5.74) is 4.37. The maximum absolute atomic E-state index is 4.94. The van der Waals surface area contributed by atoms with Crippen molar-refractivity contribution in [2.24, 2.45) is 0 Å². The third-order valence-electron chi connectivity index (χ3n) is 7.04. The van der Waals surface area contributed by atoms with Crippen molar-refractivity contribution in [1.29, 1.82) is 0 Å². The van der Waals surface area contributed by atoms with Gasteiger partial charge in [0, 0.05) is 24.8 Å². The van der Waals surface area contributed by atoms with Gasteiger partial charge in [-0.2, -0.15) is 0 Å². The average Bonchev–Trinajstić information content (AvgIpc) is 2.93. The number of rotatable bonds is 6. The number of nitrogens with zero attached hydrogens (tertiary/aromatic N) is 6. The maximum Gasteiger partial charge on any atom is 0.367 e. The number of pyridine rings is 4. The minimum Gasteiger partial charge on any atom is -0.366 e. The first-order chi connectivity index (χ1) is 17.6. The predicted molar refractivity (Wildman–Crippen MR) is 147 cm³/mol. The molecule has 5 rings (SSSR count). The Labute approximate surface area is 223 Å². The summed E-state index contributed by atoms with van der Waals surface area (Å²) in [4.78, 5) is 19.7. The van der Waals surface area contributed by atoms with Crippen LogP contribution in [0.5, 0.6) is 0 Å². The highest BCUT2D eigenvalue weighted by atomic mass is 27.2. The van der Waals surface area contributed by atoms with Gasteiger partial charge < -0.3 is 7.77 Å². The lowest BCUT2D eigenvalue weighted by molar-refractivity contribution is 0.0139. The fourth-order valence-electron chi connectivity index (χ4n) is 5.74. The van der Waals surface area contributed by atoms with Gasteiger partial charge in [-0.25, -0.2) is 0 Å². The number of piperazine rings is 1. The molecule has 0 spiro atoms. The van der Waals surface area contributed by atoms with Gasteiger partial charge in [0.1, 0.15) is 0 Å². The molecule has 1 aliphatic rings. The molecular formula is C28H32Al2N6. The first-order valence-corrected chi connectivity index (χ1v) is 18.4. The van der Waals surface area contributed by atoms with E-state index in [0.29, 0.717) is 0 Å². The normalized spacial score (nSPS) is 22.8. The topological polar surface area (TPSA) is 58.0 Å². The highest BCUT2D eigenvalue weighted by Gasteiger charge is 2.53. The highest BCUT2D eigenvalue weighted by Crippen LogP contribution is 2.54. The largest absolute Gasteiger partial charge is 0.367 e. The molecule has 1 fully saturated rings. The summed E-state index contributed by atoms with van der Waals surface area (Å²) in [5.74, 6) is 9.66. The Morgan fingerprint density at radius 2 is 0.694 bits per heavy atom. The van der Waals surface area contributed by atoms with Gasteiger partial charge in [-0.05, 0) is 48.5 Å². The first kappa shape index (κ1) is 25.2. The lowest BCUT2D eigenvalue weighted by atomic mass is 9.88. The van der Waals surface area contributed by atoms with E-state index in [-0.39, 0.29) is 24.2 Å². The molecule has 1 aliphatic heterocycles. The molecule has 180 valence electrons. The highest BCUT2D eigenvalue weighted by molar-refractivity contribution is 6.54. The zero-order valence-electron chi connectivity index (χ0n) is 21.4. The van der Waals surface area contributed by atoms with E-state index in [0.717, 1.165) is 22.8 Å². The summed E-state index contributed by atoms with van der Waals surface area (Å²) in [6, 6.07) is 25.4. The molecule has 4 aromatic heterocycles. The van der Waals surface area contributed by atoms with Gasteiger partial charge in [-0.15, -0.1) is 0 Å². The molecule has 4 atom stereocenters. The molecule has 8 heteroatoms. The minimum atomic E-state index is -1.40. The molecule has 1 saturated heterocycles. The average molecular weight is 507 g/mol. The lowest BCUT2D eigenvalue weighted by Crippen LogP contribution is -2.59. The van der Waals surface area contributed by atoms with Crippen molar-refractivity contribution in [3.63, 3.8) is 0 Å². The van der Waals surface area contributed by atoms with E-state index in [2.05, 4.69) is 79.4 Å². The van der Waals surface area contributed by atoms with Crippen LogP contribution in [0.1, 0.15) is 46.9 Å². The summed E-state index contributed by atoms with van der Waals surface area (Å²) < 4.78 is 5.49. The van der Waals surface area contributed by atoms with Crippen LogP contribution in [0, 0.1) is 0 Å². The van der Waals surface area contributed by atoms with Gasteiger partial charge in [0.15, 0.2) is 0 Å². The van der Waals surface area contributed by atoms with Crippen molar-refractivity contribution >= 4 is 28.7 Å². The van der Waals surface area contributed by atoms with E-state index in [4.69, 9.17) is 19.9 Å². The number of hydrogen-bond donors (Lipinski definition) is 0. The van der Waals surface area contributed by atoms with Crippen molar-refractivity contribution in [3.05, 3.63) is 120 Å². The quantitative estimate of drug-likeness (QED) is 0.315. The van der Waals surface area contributed by atoms with Crippen LogP contribution in [-0.2, 0) is 0 Å². The summed E-state index contributed by atoms with van der Waals surface area (Å²) >= 11 is -2.81. The first-order valence-electron chi connectivity index (χ1n) is 12.8. The van der Waals surface area contributed by atoms with E-state index in [9.17, 15) is 0 Å². The summed E-state index contributed by atoms with van der Waals surface area (Å²) in [6.07, 6.45) is 7.68. The van der Waals surface area contributed by atoms with E-state index in [1.807, 2.05) is 49.1 Å². The van der Waals surface area contributed by atoms with Crippen molar-refractivity contribution in [2.75, 3.05) is 0 Å². The molecule has 6 nitrogen and oxygen atoms in total. The molecule has 0 radical (unpaired) electrons. The van der Waals surface area contributed by atoms with Crippen molar-refractivity contribution < 1.29 is 0 Å². The Bertz CT molecular complexity index is 1040. The Balaban J connectivity index is 1.82. The molecular weight excluding hydrogens is 474 g/mol. The van der Waals surface area contributed by atoms with E-state index in [1.54, 1.807) is 0 Å². The van der Waals surface area contributed by atoms with Crippen LogP contribution < -0.4 is 0 Å². The smallest absolute Gasteiger partial charge is 0.366 e. The zero-order chi connectivity index (χ0) is 25.1. The van der Waals surface area contributed by atoms with Crippen LogP contribution in [0.3, 0.4) is 0 Å². The Morgan fingerprint density at radius 3 is 0.861 bits per heavy atom. The van der Waals surface area contributed by atoms with Crippen LogP contribution >= 0.6 is 0 Å². The Hall–Kier alpha value is -2.42. The van der Waals surface area contributed by atoms with Crippen molar-refractivity contribution in [2.45, 2.75) is 47.3 Å². The molecule has 36 heavy (non-hydrogen) atoms.